The fraction of sp³-hybridized carbons (Fsp3) is 0.176. The maximum Gasteiger partial charge on any atom is 0.0746 e. The van der Waals surface area contributed by atoms with E-state index in [1.165, 1.54) is 31.7 Å². The average molecular weight is 331 g/mol. The van der Waals surface area contributed by atoms with Gasteiger partial charge in [-0.3, -0.25) is 0 Å². The third-order valence-corrected chi connectivity index (χ3v) is 5.77. The van der Waals surface area contributed by atoms with Crippen LogP contribution in [0.4, 0.5) is 0 Å². The number of rotatable bonds is 2. The van der Waals surface area contributed by atoms with Crippen LogP contribution in [0.1, 0.15) is 25.7 Å². The first-order valence-electron chi connectivity index (χ1n) is 6.35. The van der Waals surface area contributed by atoms with Gasteiger partial charge in [0, 0.05) is 9.75 Å². The van der Waals surface area contributed by atoms with E-state index >= 15 is 0 Å². The van der Waals surface area contributed by atoms with Gasteiger partial charge in [-0.1, -0.05) is 52.3 Å². The number of hydrogen-bond donors (Lipinski definition) is 0. The zero-order chi connectivity index (χ0) is 13.4. The second-order valence-electron chi connectivity index (χ2n) is 4.83. The molecule has 1 heterocycles. The van der Waals surface area contributed by atoms with E-state index in [1.54, 1.807) is 0 Å². The quantitative estimate of drug-likeness (QED) is 0.505. The Hall–Kier alpha value is -1.12. The number of hydrogen-bond acceptors (Lipinski definition) is 1. The van der Waals surface area contributed by atoms with Gasteiger partial charge in [-0.15, -0.1) is 11.3 Å². The van der Waals surface area contributed by atoms with Crippen molar-refractivity contribution in [3.8, 4) is 0 Å². The molecule has 1 atom stereocenters. The molecule has 0 nitrogen and oxygen atoms in total. The van der Waals surface area contributed by atoms with Crippen molar-refractivity contribution in [2.24, 2.45) is 0 Å². The summed E-state index contributed by atoms with van der Waals surface area (Å²) < 4.78 is 0. The topological polar surface area (TPSA) is 0 Å². The molecule has 0 aliphatic carbocycles. The van der Waals surface area contributed by atoms with E-state index in [2.05, 4.69) is 78.3 Å². The van der Waals surface area contributed by atoms with Crippen molar-refractivity contribution in [2.75, 3.05) is 0 Å². The Morgan fingerprint density at radius 1 is 0.947 bits per heavy atom. The molecule has 1 unspecified atom stereocenters. The zero-order valence-electron chi connectivity index (χ0n) is 11.0. The summed E-state index contributed by atoms with van der Waals surface area (Å²) >= 11 is 5.75. The Labute approximate surface area is 126 Å². The number of alkyl halides is 1. The minimum Gasteiger partial charge on any atom is -0.144 e. The molecule has 0 spiro atoms. The monoisotopic (exact) mass is 330 g/mol. The van der Waals surface area contributed by atoms with Gasteiger partial charge in [0.2, 0.25) is 0 Å². The molecule has 0 radical (unpaired) electrons. The third-order valence-electron chi connectivity index (χ3n) is 3.45. The fourth-order valence-corrected chi connectivity index (χ4v) is 4.38. The Morgan fingerprint density at radius 2 is 1.74 bits per heavy atom. The lowest BCUT2D eigenvalue weighted by molar-refractivity contribution is 1.20. The van der Waals surface area contributed by atoms with Gasteiger partial charge in [-0.05, 0) is 47.9 Å². The second-order valence-corrected chi connectivity index (χ2v) is 7.06. The van der Waals surface area contributed by atoms with Gasteiger partial charge in [0.25, 0.3) is 0 Å². The number of halogens is 1. The van der Waals surface area contributed by atoms with Crippen molar-refractivity contribution in [2.45, 2.75) is 18.7 Å². The SMILES string of the molecule is Cc1ccc(C(Br)c2c(C)ccc3ccccc23)s1. The molecule has 96 valence electrons. The van der Waals surface area contributed by atoms with Gasteiger partial charge in [0.15, 0.2) is 0 Å². The molecule has 0 aliphatic heterocycles. The standard InChI is InChI=1S/C17H15BrS/c1-11-7-9-13-5-3-4-6-14(13)16(11)17(18)15-10-8-12(2)19-15/h3-10,17H,1-2H3. The molecule has 3 rings (SSSR count). The molecule has 2 heteroatoms. The summed E-state index contributed by atoms with van der Waals surface area (Å²) in [5.74, 6) is 0. The first-order valence-corrected chi connectivity index (χ1v) is 8.08. The molecular weight excluding hydrogens is 316 g/mol. The minimum atomic E-state index is 0.275. The highest BCUT2D eigenvalue weighted by molar-refractivity contribution is 9.09. The molecular formula is C17H15BrS. The largest absolute Gasteiger partial charge is 0.144 e. The lowest BCUT2D eigenvalue weighted by atomic mass is 9.97. The van der Waals surface area contributed by atoms with Crippen molar-refractivity contribution in [3.63, 3.8) is 0 Å². The van der Waals surface area contributed by atoms with Gasteiger partial charge in [0.1, 0.15) is 0 Å². The van der Waals surface area contributed by atoms with Crippen LogP contribution < -0.4 is 0 Å². The van der Waals surface area contributed by atoms with Gasteiger partial charge < -0.3 is 0 Å². The van der Waals surface area contributed by atoms with E-state index in [0.29, 0.717) is 0 Å². The van der Waals surface area contributed by atoms with E-state index in [9.17, 15) is 0 Å². The summed E-state index contributed by atoms with van der Waals surface area (Å²) in [4.78, 5) is 3.01. The summed E-state index contributed by atoms with van der Waals surface area (Å²) in [7, 11) is 0. The van der Waals surface area contributed by atoms with E-state index in [0.717, 1.165) is 0 Å². The van der Waals surface area contributed by atoms with Crippen LogP contribution in [0.25, 0.3) is 10.8 Å². The first-order chi connectivity index (χ1) is 9.16. The van der Waals surface area contributed by atoms with Gasteiger partial charge in [0.05, 0.1) is 4.83 Å². The fourth-order valence-electron chi connectivity index (χ4n) is 2.47. The molecule has 0 bridgehead atoms. The van der Waals surface area contributed by atoms with E-state index in [4.69, 9.17) is 0 Å². The summed E-state index contributed by atoms with van der Waals surface area (Å²) in [5.41, 5.74) is 2.73. The van der Waals surface area contributed by atoms with Crippen LogP contribution in [0.2, 0.25) is 0 Å². The molecule has 0 aliphatic rings. The molecule has 0 saturated carbocycles. The third kappa shape index (κ3) is 2.35. The molecule has 0 saturated heterocycles. The molecule has 0 amide bonds. The number of benzene rings is 2. The summed E-state index contributed by atoms with van der Waals surface area (Å²) in [6, 6.07) is 17.4. The number of thiophene rings is 1. The molecule has 2 aromatic carbocycles. The Kier molecular flexibility index (Phi) is 3.46. The Bertz CT molecular complexity index is 727. The highest BCUT2D eigenvalue weighted by Gasteiger charge is 2.17. The summed E-state index contributed by atoms with van der Waals surface area (Å²) in [6.07, 6.45) is 0. The number of fused-ring (bicyclic) bond motifs is 1. The molecule has 0 fully saturated rings. The van der Waals surface area contributed by atoms with Crippen LogP contribution in [-0.2, 0) is 0 Å². The molecule has 0 N–H and O–H groups in total. The van der Waals surface area contributed by atoms with Gasteiger partial charge in [-0.25, -0.2) is 0 Å². The molecule has 1 aromatic heterocycles. The minimum absolute atomic E-state index is 0.275. The predicted octanol–water partition coefficient (Wildman–Crippen LogP) is 6.00. The van der Waals surface area contributed by atoms with Gasteiger partial charge in [-0.2, -0.15) is 0 Å². The summed E-state index contributed by atoms with van der Waals surface area (Å²) in [5, 5.41) is 2.65. The smallest absolute Gasteiger partial charge is 0.0746 e. The molecule has 3 aromatic rings. The van der Waals surface area contributed by atoms with Crippen LogP contribution in [0.5, 0.6) is 0 Å². The van der Waals surface area contributed by atoms with Crippen molar-refractivity contribution in [1.29, 1.82) is 0 Å². The Balaban J connectivity index is 2.21. The Morgan fingerprint density at radius 3 is 2.47 bits per heavy atom. The lowest BCUT2D eigenvalue weighted by Crippen LogP contribution is -1.95. The van der Waals surface area contributed by atoms with Crippen LogP contribution in [0.15, 0.2) is 48.5 Å². The highest BCUT2D eigenvalue weighted by Crippen LogP contribution is 2.40. The zero-order valence-corrected chi connectivity index (χ0v) is 13.4. The van der Waals surface area contributed by atoms with E-state index in [1.807, 2.05) is 11.3 Å². The predicted molar refractivity (Wildman–Crippen MR) is 88.5 cm³/mol. The first kappa shape index (κ1) is 12.9. The van der Waals surface area contributed by atoms with Crippen LogP contribution in [0, 0.1) is 13.8 Å². The lowest BCUT2D eigenvalue weighted by Gasteiger charge is -2.15. The second kappa shape index (κ2) is 5.10. The van der Waals surface area contributed by atoms with E-state index < -0.39 is 0 Å². The maximum absolute atomic E-state index is 3.89. The highest BCUT2D eigenvalue weighted by atomic mass is 79.9. The van der Waals surface area contributed by atoms with E-state index in [-0.39, 0.29) is 4.83 Å². The summed E-state index contributed by atoms with van der Waals surface area (Å²) in [6.45, 7) is 4.35. The van der Waals surface area contributed by atoms with Crippen molar-refractivity contribution in [1.82, 2.24) is 0 Å². The maximum atomic E-state index is 3.89. The molecule has 19 heavy (non-hydrogen) atoms. The van der Waals surface area contributed by atoms with Crippen LogP contribution >= 0.6 is 27.3 Å². The van der Waals surface area contributed by atoms with Crippen molar-refractivity contribution in [3.05, 3.63) is 69.4 Å². The normalized spacial score (nSPS) is 12.8. The van der Waals surface area contributed by atoms with Crippen molar-refractivity contribution >= 4 is 38.0 Å². The van der Waals surface area contributed by atoms with Gasteiger partial charge >= 0.3 is 0 Å². The number of aryl methyl sites for hydroxylation is 2. The van der Waals surface area contributed by atoms with Crippen molar-refractivity contribution < 1.29 is 0 Å². The van der Waals surface area contributed by atoms with Crippen LogP contribution in [0.3, 0.4) is 0 Å². The average Bonchev–Trinajstić information content (AvgIpc) is 2.85. The van der Waals surface area contributed by atoms with Crippen LogP contribution in [-0.4, -0.2) is 0 Å².